The van der Waals surface area contributed by atoms with Gasteiger partial charge in [0.05, 0.1) is 5.56 Å². The Morgan fingerprint density at radius 3 is 2.59 bits per heavy atom. The van der Waals surface area contributed by atoms with E-state index in [2.05, 4.69) is 26.1 Å². The van der Waals surface area contributed by atoms with Gasteiger partial charge >= 0.3 is 0 Å². The van der Waals surface area contributed by atoms with Gasteiger partial charge in [0.15, 0.2) is 0 Å². The van der Waals surface area contributed by atoms with Crippen molar-refractivity contribution in [3.63, 3.8) is 0 Å². The number of nitrogens with one attached hydrogen (secondary N) is 1. The first kappa shape index (κ1) is 13.8. The highest BCUT2D eigenvalue weighted by molar-refractivity contribution is 6.31. The Bertz CT molecular complexity index is 404. The van der Waals surface area contributed by atoms with Crippen LogP contribution in [0.4, 0.5) is 5.69 Å². The zero-order chi connectivity index (χ0) is 13.0. The summed E-state index contributed by atoms with van der Waals surface area (Å²) in [5.41, 5.74) is 6.66. The molecule has 1 rings (SSSR count). The number of hydrogen-bond donors (Lipinski definition) is 2. The monoisotopic (exact) mass is 254 g/mol. The second-order valence-corrected chi connectivity index (χ2v) is 4.90. The number of anilines is 1. The summed E-state index contributed by atoms with van der Waals surface area (Å²) in [6.45, 7) is 6.22. The number of carbonyl (C=O) groups excluding carboxylic acids is 1. The molecule has 0 bridgehead atoms. The molecule has 1 amide bonds. The van der Waals surface area contributed by atoms with Gasteiger partial charge in [0, 0.05) is 16.8 Å². The summed E-state index contributed by atoms with van der Waals surface area (Å²) in [5, 5.41) is 3.52. The van der Waals surface area contributed by atoms with Crippen LogP contribution in [0.25, 0.3) is 0 Å². The number of nitrogens with two attached hydrogens (primary N) is 1. The summed E-state index contributed by atoms with van der Waals surface area (Å²) in [5.74, 6) is 0.261. The maximum absolute atomic E-state index is 12.0. The Morgan fingerprint density at radius 2 is 2.12 bits per heavy atom. The fourth-order valence-electron chi connectivity index (χ4n) is 1.73. The molecule has 1 aromatic rings. The van der Waals surface area contributed by atoms with Gasteiger partial charge in [-0.3, -0.25) is 4.79 Å². The number of amides is 1. The maximum Gasteiger partial charge on any atom is 0.253 e. The van der Waals surface area contributed by atoms with E-state index in [1.54, 1.807) is 18.2 Å². The van der Waals surface area contributed by atoms with Gasteiger partial charge in [-0.2, -0.15) is 0 Å². The van der Waals surface area contributed by atoms with Gasteiger partial charge in [0.1, 0.15) is 0 Å². The van der Waals surface area contributed by atoms with Crippen LogP contribution in [-0.2, 0) is 0 Å². The van der Waals surface area contributed by atoms with E-state index in [9.17, 15) is 4.79 Å². The molecule has 0 heterocycles. The number of rotatable bonds is 4. The molecule has 4 heteroatoms. The second kappa shape index (κ2) is 5.92. The zero-order valence-corrected chi connectivity index (χ0v) is 11.2. The predicted molar refractivity (Wildman–Crippen MR) is 72.2 cm³/mol. The average molecular weight is 255 g/mol. The molecule has 94 valence electrons. The van der Waals surface area contributed by atoms with Gasteiger partial charge < -0.3 is 11.1 Å². The first-order valence-electron chi connectivity index (χ1n) is 5.81. The van der Waals surface area contributed by atoms with Crippen LogP contribution < -0.4 is 11.1 Å². The van der Waals surface area contributed by atoms with E-state index in [1.807, 2.05) is 0 Å². The van der Waals surface area contributed by atoms with Crippen LogP contribution in [0.2, 0.25) is 5.02 Å². The minimum absolute atomic E-state index is 0.139. The predicted octanol–water partition coefficient (Wildman–Crippen LogP) is 3.09. The van der Waals surface area contributed by atoms with Crippen LogP contribution in [-0.4, -0.2) is 11.9 Å². The number of halogens is 1. The molecule has 0 fully saturated rings. The first-order valence-corrected chi connectivity index (χ1v) is 6.19. The Hall–Kier alpha value is -1.22. The topological polar surface area (TPSA) is 55.1 Å². The summed E-state index contributed by atoms with van der Waals surface area (Å²) < 4.78 is 0. The summed E-state index contributed by atoms with van der Waals surface area (Å²) in [6.07, 6.45) is 0.900. The SMILES string of the molecule is CCC(NC(=O)c1ccc(Cl)cc1N)C(C)C. The highest BCUT2D eigenvalue weighted by Gasteiger charge is 2.16. The van der Waals surface area contributed by atoms with Crippen molar-refractivity contribution in [1.82, 2.24) is 5.32 Å². The zero-order valence-electron chi connectivity index (χ0n) is 10.5. The number of benzene rings is 1. The molecule has 1 aromatic carbocycles. The molecule has 17 heavy (non-hydrogen) atoms. The molecule has 3 N–H and O–H groups in total. The lowest BCUT2D eigenvalue weighted by molar-refractivity contribution is 0.0925. The minimum Gasteiger partial charge on any atom is -0.398 e. The molecule has 0 aliphatic carbocycles. The van der Waals surface area contributed by atoms with Gasteiger partial charge in [-0.05, 0) is 30.5 Å². The van der Waals surface area contributed by atoms with Crippen molar-refractivity contribution in [2.24, 2.45) is 5.92 Å². The van der Waals surface area contributed by atoms with Crippen LogP contribution in [0.15, 0.2) is 18.2 Å². The highest BCUT2D eigenvalue weighted by Crippen LogP contribution is 2.18. The summed E-state index contributed by atoms with van der Waals surface area (Å²) in [4.78, 5) is 12.0. The van der Waals surface area contributed by atoms with E-state index in [0.717, 1.165) is 6.42 Å². The molecule has 0 radical (unpaired) electrons. The molecule has 0 saturated carbocycles. The summed E-state index contributed by atoms with van der Waals surface area (Å²) in [7, 11) is 0. The second-order valence-electron chi connectivity index (χ2n) is 4.46. The molecule has 3 nitrogen and oxygen atoms in total. The largest absolute Gasteiger partial charge is 0.398 e. The van der Waals surface area contributed by atoms with Crippen LogP contribution >= 0.6 is 11.6 Å². The van der Waals surface area contributed by atoms with Gasteiger partial charge in [-0.1, -0.05) is 32.4 Å². The molecule has 1 atom stereocenters. The Labute approximate surface area is 107 Å². The lowest BCUT2D eigenvalue weighted by Crippen LogP contribution is -2.38. The van der Waals surface area contributed by atoms with Gasteiger partial charge in [-0.25, -0.2) is 0 Å². The van der Waals surface area contributed by atoms with Crippen molar-refractivity contribution in [3.05, 3.63) is 28.8 Å². The standard InChI is InChI=1S/C13H19ClN2O/c1-4-12(8(2)3)16-13(17)10-6-5-9(14)7-11(10)15/h5-8,12H,4,15H2,1-3H3,(H,16,17). The van der Waals surface area contributed by atoms with E-state index in [0.29, 0.717) is 22.2 Å². The third-order valence-electron chi connectivity index (χ3n) is 2.82. The molecule has 0 aliphatic rings. The van der Waals surface area contributed by atoms with Crippen LogP contribution in [0.3, 0.4) is 0 Å². The van der Waals surface area contributed by atoms with E-state index in [1.165, 1.54) is 0 Å². The van der Waals surface area contributed by atoms with Crippen molar-refractivity contribution in [3.8, 4) is 0 Å². The average Bonchev–Trinajstić information content (AvgIpc) is 2.24. The minimum atomic E-state index is -0.139. The van der Waals surface area contributed by atoms with Gasteiger partial charge in [0.2, 0.25) is 0 Å². The molecule has 0 aliphatic heterocycles. The van der Waals surface area contributed by atoms with Crippen molar-refractivity contribution in [2.75, 3.05) is 5.73 Å². The molecule has 1 unspecified atom stereocenters. The Balaban J connectivity index is 2.82. The normalized spacial score (nSPS) is 12.5. The molecular weight excluding hydrogens is 236 g/mol. The maximum atomic E-state index is 12.0. The van der Waals surface area contributed by atoms with Crippen LogP contribution in [0.1, 0.15) is 37.6 Å². The number of nitrogen functional groups attached to an aromatic ring is 1. The molecule has 0 saturated heterocycles. The van der Waals surface area contributed by atoms with Crippen LogP contribution in [0.5, 0.6) is 0 Å². The number of hydrogen-bond acceptors (Lipinski definition) is 2. The fourth-order valence-corrected chi connectivity index (χ4v) is 1.91. The van der Waals surface area contributed by atoms with Gasteiger partial charge in [0.25, 0.3) is 5.91 Å². The highest BCUT2D eigenvalue weighted by atomic mass is 35.5. The quantitative estimate of drug-likeness (QED) is 0.812. The van der Waals surface area contributed by atoms with E-state index < -0.39 is 0 Å². The molecule has 0 spiro atoms. The van der Waals surface area contributed by atoms with Crippen molar-refractivity contribution >= 4 is 23.2 Å². The van der Waals surface area contributed by atoms with Crippen molar-refractivity contribution in [1.29, 1.82) is 0 Å². The smallest absolute Gasteiger partial charge is 0.253 e. The van der Waals surface area contributed by atoms with Crippen molar-refractivity contribution < 1.29 is 4.79 Å². The van der Waals surface area contributed by atoms with Crippen LogP contribution in [0, 0.1) is 5.92 Å². The summed E-state index contributed by atoms with van der Waals surface area (Å²) in [6, 6.07) is 5.08. The van der Waals surface area contributed by atoms with Gasteiger partial charge in [-0.15, -0.1) is 0 Å². The van der Waals surface area contributed by atoms with E-state index in [-0.39, 0.29) is 11.9 Å². The third kappa shape index (κ3) is 3.63. The van der Waals surface area contributed by atoms with E-state index >= 15 is 0 Å². The lowest BCUT2D eigenvalue weighted by atomic mass is 10.0. The fraction of sp³-hybridized carbons (Fsp3) is 0.462. The Kier molecular flexibility index (Phi) is 4.82. The Morgan fingerprint density at radius 1 is 1.47 bits per heavy atom. The van der Waals surface area contributed by atoms with Crippen molar-refractivity contribution in [2.45, 2.75) is 33.2 Å². The third-order valence-corrected chi connectivity index (χ3v) is 3.05. The molecule has 0 aromatic heterocycles. The molecular formula is C13H19ClN2O. The lowest BCUT2D eigenvalue weighted by Gasteiger charge is -2.21. The van der Waals surface area contributed by atoms with E-state index in [4.69, 9.17) is 17.3 Å². The summed E-state index contributed by atoms with van der Waals surface area (Å²) >= 11 is 5.79. The number of carbonyl (C=O) groups is 1. The first-order chi connectivity index (χ1) is 7.95.